The van der Waals surface area contributed by atoms with Crippen molar-refractivity contribution in [1.29, 1.82) is 0 Å². The van der Waals surface area contributed by atoms with Crippen molar-refractivity contribution in [2.24, 2.45) is 0 Å². The predicted octanol–water partition coefficient (Wildman–Crippen LogP) is 0.787. The SMILES string of the molecule is CN1CCCC2(CSCCN2)C1. The Morgan fingerprint density at radius 3 is 3.08 bits per heavy atom. The van der Waals surface area contributed by atoms with Crippen molar-refractivity contribution in [1.82, 2.24) is 10.2 Å². The standard InChI is InChI=1S/C9H18N2S/c1-11-5-2-3-9(7-11)8-12-6-4-10-9/h10H,2-8H2,1H3. The topological polar surface area (TPSA) is 15.3 Å². The van der Waals surface area contributed by atoms with Crippen LogP contribution in [0, 0.1) is 0 Å². The Labute approximate surface area is 79.1 Å². The maximum absolute atomic E-state index is 3.70. The van der Waals surface area contributed by atoms with Gasteiger partial charge in [-0.15, -0.1) is 0 Å². The average Bonchev–Trinajstić information content (AvgIpc) is 2.05. The molecule has 2 aliphatic rings. The first-order valence-corrected chi connectivity index (χ1v) is 5.98. The van der Waals surface area contributed by atoms with Crippen LogP contribution in [0.5, 0.6) is 0 Å². The second kappa shape index (κ2) is 3.56. The highest BCUT2D eigenvalue weighted by molar-refractivity contribution is 7.99. The zero-order chi connectivity index (χ0) is 8.44. The minimum Gasteiger partial charge on any atom is -0.308 e. The molecule has 2 saturated heterocycles. The van der Waals surface area contributed by atoms with E-state index < -0.39 is 0 Å². The van der Waals surface area contributed by atoms with E-state index in [4.69, 9.17) is 0 Å². The van der Waals surface area contributed by atoms with Crippen LogP contribution in [0.25, 0.3) is 0 Å². The molecule has 1 unspecified atom stereocenters. The lowest BCUT2D eigenvalue weighted by atomic mass is 9.91. The fourth-order valence-electron chi connectivity index (χ4n) is 2.33. The van der Waals surface area contributed by atoms with E-state index in [0.717, 1.165) is 0 Å². The van der Waals surface area contributed by atoms with Crippen LogP contribution >= 0.6 is 11.8 Å². The van der Waals surface area contributed by atoms with Gasteiger partial charge in [0.15, 0.2) is 0 Å². The van der Waals surface area contributed by atoms with Crippen molar-refractivity contribution >= 4 is 11.8 Å². The number of piperidine rings is 1. The zero-order valence-electron chi connectivity index (χ0n) is 7.81. The van der Waals surface area contributed by atoms with Gasteiger partial charge in [0.25, 0.3) is 0 Å². The molecule has 0 radical (unpaired) electrons. The molecule has 2 nitrogen and oxygen atoms in total. The molecule has 3 heteroatoms. The summed E-state index contributed by atoms with van der Waals surface area (Å²) >= 11 is 2.11. The molecule has 0 amide bonds. The number of likely N-dealkylation sites (N-methyl/N-ethyl adjacent to an activating group) is 1. The molecular formula is C9H18N2S. The summed E-state index contributed by atoms with van der Waals surface area (Å²) in [7, 11) is 2.24. The van der Waals surface area contributed by atoms with Crippen LogP contribution < -0.4 is 5.32 Å². The number of nitrogens with zero attached hydrogens (tertiary/aromatic N) is 1. The van der Waals surface area contributed by atoms with Crippen molar-refractivity contribution < 1.29 is 0 Å². The Hall–Kier alpha value is 0.270. The molecule has 0 saturated carbocycles. The molecule has 12 heavy (non-hydrogen) atoms. The van der Waals surface area contributed by atoms with E-state index in [-0.39, 0.29) is 0 Å². The first-order valence-electron chi connectivity index (χ1n) is 4.82. The minimum absolute atomic E-state index is 0.468. The quantitative estimate of drug-likeness (QED) is 0.602. The maximum atomic E-state index is 3.70. The molecule has 2 heterocycles. The highest BCUT2D eigenvalue weighted by Crippen LogP contribution is 2.27. The molecular weight excluding hydrogens is 168 g/mol. The summed E-state index contributed by atoms with van der Waals surface area (Å²) in [6.07, 6.45) is 2.74. The third-order valence-electron chi connectivity index (χ3n) is 2.89. The van der Waals surface area contributed by atoms with Crippen LogP contribution in [0.3, 0.4) is 0 Å². The van der Waals surface area contributed by atoms with Gasteiger partial charge in [-0.25, -0.2) is 0 Å². The van der Waals surface area contributed by atoms with Crippen molar-refractivity contribution in [3.8, 4) is 0 Å². The summed E-state index contributed by atoms with van der Waals surface area (Å²) in [5.74, 6) is 2.61. The van der Waals surface area contributed by atoms with E-state index in [1.807, 2.05) is 0 Å². The van der Waals surface area contributed by atoms with Crippen molar-refractivity contribution in [2.75, 3.05) is 38.2 Å². The summed E-state index contributed by atoms with van der Waals surface area (Å²) < 4.78 is 0. The van der Waals surface area contributed by atoms with Gasteiger partial charge in [-0.3, -0.25) is 0 Å². The molecule has 0 aromatic rings. The molecule has 1 N–H and O–H groups in total. The van der Waals surface area contributed by atoms with E-state index in [0.29, 0.717) is 5.54 Å². The summed E-state index contributed by atoms with van der Waals surface area (Å²) in [5.41, 5.74) is 0.468. The number of hydrogen-bond acceptors (Lipinski definition) is 3. The minimum atomic E-state index is 0.468. The zero-order valence-corrected chi connectivity index (χ0v) is 8.62. The highest BCUT2D eigenvalue weighted by atomic mass is 32.2. The number of rotatable bonds is 0. The molecule has 2 fully saturated rings. The molecule has 1 atom stereocenters. The fourth-order valence-corrected chi connectivity index (χ4v) is 3.45. The number of likely N-dealkylation sites (tertiary alicyclic amines) is 1. The fraction of sp³-hybridized carbons (Fsp3) is 1.00. The Kier molecular flexibility index (Phi) is 2.63. The van der Waals surface area contributed by atoms with Gasteiger partial charge in [0.1, 0.15) is 0 Å². The molecule has 0 aliphatic carbocycles. The van der Waals surface area contributed by atoms with Gasteiger partial charge in [0, 0.05) is 30.1 Å². The molecule has 0 aromatic heterocycles. The molecule has 0 bridgehead atoms. The van der Waals surface area contributed by atoms with Crippen LogP contribution in [0.1, 0.15) is 12.8 Å². The second-order valence-corrected chi connectivity index (χ2v) is 5.21. The summed E-state index contributed by atoms with van der Waals surface area (Å²) in [5, 5.41) is 3.70. The van der Waals surface area contributed by atoms with Gasteiger partial charge in [0.05, 0.1) is 0 Å². The predicted molar refractivity (Wildman–Crippen MR) is 54.8 cm³/mol. The van der Waals surface area contributed by atoms with Crippen LogP contribution in [0.2, 0.25) is 0 Å². The van der Waals surface area contributed by atoms with Crippen molar-refractivity contribution in [3.63, 3.8) is 0 Å². The Bertz CT molecular complexity index is 149. The Morgan fingerprint density at radius 2 is 2.42 bits per heavy atom. The lowest BCUT2D eigenvalue weighted by Gasteiger charge is -2.44. The van der Waals surface area contributed by atoms with Gasteiger partial charge in [-0.1, -0.05) is 0 Å². The summed E-state index contributed by atoms with van der Waals surface area (Å²) in [6.45, 7) is 3.74. The first kappa shape index (κ1) is 8.85. The monoisotopic (exact) mass is 186 g/mol. The van der Waals surface area contributed by atoms with Gasteiger partial charge >= 0.3 is 0 Å². The van der Waals surface area contributed by atoms with E-state index in [9.17, 15) is 0 Å². The van der Waals surface area contributed by atoms with Gasteiger partial charge in [-0.2, -0.15) is 11.8 Å². The molecule has 0 aromatic carbocycles. The second-order valence-electron chi connectivity index (χ2n) is 4.10. The lowest BCUT2D eigenvalue weighted by molar-refractivity contribution is 0.162. The van der Waals surface area contributed by atoms with E-state index in [1.54, 1.807) is 0 Å². The van der Waals surface area contributed by atoms with Crippen LogP contribution in [-0.2, 0) is 0 Å². The highest BCUT2D eigenvalue weighted by Gasteiger charge is 2.35. The maximum Gasteiger partial charge on any atom is 0.0400 e. The van der Waals surface area contributed by atoms with Gasteiger partial charge in [-0.05, 0) is 26.4 Å². The number of hydrogen-bond donors (Lipinski definition) is 1. The smallest absolute Gasteiger partial charge is 0.0400 e. The van der Waals surface area contributed by atoms with Gasteiger partial charge in [0.2, 0.25) is 0 Å². The van der Waals surface area contributed by atoms with Crippen LogP contribution in [0.15, 0.2) is 0 Å². The molecule has 2 aliphatic heterocycles. The number of nitrogens with one attached hydrogen (secondary N) is 1. The Morgan fingerprint density at radius 1 is 1.50 bits per heavy atom. The van der Waals surface area contributed by atoms with E-state index in [1.165, 1.54) is 44.0 Å². The summed E-state index contributed by atoms with van der Waals surface area (Å²) in [4.78, 5) is 2.46. The third-order valence-corrected chi connectivity index (χ3v) is 4.14. The van der Waals surface area contributed by atoms with Crippen LogP contribution in [-0.4, -0.2) is 48.6 Å². The lowest BCUT2D eigenvalue weighted by Crippen LogP contribution is -2.60. The first-order chi connectivity index (χ1) is 5.81. The van der Waals surface area contributed by atoms with Crippen molar-refractivity contribution in [2.45, 2.75) is 18.4 Å². The summed E-state index contributed by atoms with van der Waals surface area (Å²) in [6, 6.07) is 0. The number of thioether (sulfide) groups is 1. The average molecular weight is 186 g/mol. The largest absolute Gasteiger partial charge is 0.308 e. The normalized spacial score (nSPS) is 38.8. The van der Waals surface area contributed by atoms with E-state index >= 15 is 0 Å². The molecule has 1 spiro atoms. The van der Waals surface area contributed by atoms with Crippen molar-refractivity contribution in [3.05, 3.63) is 0 Å². The Balaban J connectivity index is 1.97. The molecule has 70 valence electrons. The van der Waals surface area contributed by atoms with Crippen LogP contribution in [0.4, 0.5) is 0 Å². The van der Waals surface area contributed by atoms with E-state index in [2.05, 4.69) is 29.0 Å². The molecule has 2 rings (SSSR count). The van der Waals surface area contributed by atoms with Gasteiger partial charge < -0.3 is 10.2 Å². The third kappa shape index (κ3) is 1.78.